The average molecular weight is 491 g/mol. The molecule has 0 spiro atoms. The predicted molar refractivity (Wildman–Crippen MR) is 113 cm³/mol. The van der Waals surface area contributed by atoms with E-state index in [4.69, 9.17) is 18.9 Å². The maximum atomic E-state index is 12.2. The molecule has 0 fully saturated rings. The number of nitrogens with zero attached hydrogens (tertiary/aromatic N) is 2. The summed E-state index contributed by atoms with van der Waals surface area (Å²) >= 11 is 3.37. The zero-order valence-electron chi connectivity index (χ0n) is 17.2. The van der Waals surface area contributed by atoms with Gasteiger partial charge in [0.05, 0.1) is 12.7 Å². The highest BCUT2D eigenvalue weighted by molar-refractivity contribution is 9.10. The minimum atomic E-state index is -0.906. The standard InChI is InChI=1S/C21H19BrN2O7/c1-11(25)24-21(14-5-7-18(30-13(3)27)19(9-14)28-4)31-20(23-24)16-10-15(22)6-8-17(16)29-12(2)26/h5-10,21H,1-4H3. The van der Waals surface area contributed by atoms with E-state index in [0.717, 1.165) is 5.01 Å². The number of hydrogen-bond acceptors (Lipinski definition) is 8. The number of carbonyl (C=O) groups excluding carboxylic acids is 3. The van der Waals surface area contributed by atoms with Crippen LogP contribution in [0.15, 0.2) is 46.0 Å². The fourth-order valence-electron chi connectivity index (χ4n) is 2.88. The minimum Gasteiger partial charge on any atom is -0.493 e. The quantitative estimate of drug-likeness (QED) is 0.466. The summed E-state index contributed by atoms with van der Waals surface area (Å²) in [5, 5.41) is 5.45. The molecule has 1 amide bonds. The number of halogens is 1. The summed E-state index contributed by atoms with van der Waals surface area (Å²) in [6.07, 6.45) is -0.906. The highest BCUT2D eigenvalue weighted by atomic mass is 79.9. The zero-order valence-corrected chi connectivity index (χ0v) is 18.8. The number of carbonyl (C=O) groups is 3. The lowest BCUT2D eigenvalue weighted by atomic mass is 10.1. The molecule has 0 N–H and O–H groups in total. The molecule has 1 heterocycles. The van der Waals surface area contributed by atoms with Crippen molar-refractivity contribution in [3.05, 3.63) is 52.0 Å². The molecule has 2 aromatic carbocycles. The van der Waals surface area contributed by atoms with Gasteiger partial charge in [0.1, 0.15) is 5.75 Å². The fraction of sp³-hybridized carbons (Fsp3) is 0.238. The molecular weight excluding hydrogens is 472 g/mol. The van der Waals surface area contributed by atoms with E-state index in [2.05, 4.69) is 21.0 Å². The molecule has 9 nitrogen and oxygen atoms in total. The van der Waals surface area contributed by atoms with Gasteiger partial charge in [0, 0.05) is 30.8 Å². The molecule has 0 radical (unpaired) electrons. The normalized spacial score (nSPS) is 15.1. The van der Waals surface area contributed by atoms with Crippen molar-refractivity contribution < 1.29 is 33.3 Å². The van der Waals surface area contributed by atoms with E-state index in [1.165, 1.54) is 27.9 Å². The Labute approximate surface area is 186 Å². The van der Waals surface area contributed by atoms with E-state index < -0.39 is 18.2 Å². The first-order valence-corrected chi connectivity index (χ1v) is 9.88. The number of rotatable bonds is 5. The van der Waals surface area contributed by atoms with Crippen LogP contribution in [0.3, 0.4) is 0 Å². The van der Waals surface area contributed by atoms with Gasteiger partial charge in [-0.15, -0.1) is 5.10 Å². The number of methoxy groups -OCH3 is 1. The number of benzene rings is 2. The number of amides is 1. The van der Waals surface area contributed by atoms with Crippen molar-refractivity contribution in [1.82, 2.24) is 5.01 Å². The van der Waals surface area contributed by atoms with Gasteiger partial charge in [-0.2, -0.15) is 5.01 Å². The van der Waals surface area contributed by atoms with Crippen molar-refractivity contribution >= 4 is 39.7 Å². The molecule has 10 heteroatoms. The first kappa shape index (κ1) is 22.3. The van der Waals surface area contributed by atoms with Crippen LogP contribution in [0.5, 0.6) is 17.2 Å². The molecule has 0 saturated heterocycles. The Bertz CT molecular complexity index is 1080. The number of hydrazone groups is 1. The number of ether oxygens (including phenoxy) is 4. The topological polar surface area (TPSA) is 104 Å². The van der Waals surface area contributed by atoms with Gasteiger partial charge in [0.2, 0.25) is 18.0 Å². The van der Waals surface area contributed by atoms with Gasteiger partial charge in [-0.1, -0.05) is 15.9 Å². The van der Waals surface area contributed by atoms with Crippen LogP contribution in [0.4, 0.5) is 0 Å². The van der Waals surface area contributed by atoms with E-state index in [-0.39, 0.29) is 29.1 Å². The van der Waals surface area contributed by atoms with Crippen LogP contribution in [0.25, 0.3) is 0 Å². The summed E-state index contributed by atoms with van der Waals surface area (Å²) in [6, 6.07) is 9.73. The lowest BCUT2D eigenvalue weighted by molar-refractivity contribution is -0.135. The second-order valence-corrected chi connectivity index (χ2v) is 7.39. The minimum absolute atomic E-state index is 0.0979. The van der Waals surface area contributed by atoms with Crippen LogP contribution in [-0.2, 0) is 19.1 Å². The van der Waals surface area contributed by atoms with Crippen molar-refractivity contribution in [2.75, 3.05) is 7.11 Å². The molecule has 1 aliphatic rings. The smallest absolute Gasteiger partial charge is 0.308 e. The van der Waals surface area contributed by atoms with Crippen molar-refractivity contribution in [1.29, 1.82) is 0 Å². The van der Waals surface area contributed by atoms with E-state index in [9.17, 15) is 14.4 Å². The second-order valence-electron chi connectivity index (χ2n) is 6.48. The number of esters is 2. The van der Waals surface area contributed by atoms with Gasteiger partial charge in [-0.25, -0.2) is 0 Å². The highest BCUT2D eigenvalue weighted by Gasteiger charge is 2.35. The Hall–Kier alpha value is -3.40. The van der Waals surface area contributed by atoms with Crippen LogP contribution in [0, 0.1) is 0 Å². The molecule has 0 saturated carbocycles. The third-order valence-electron chi connectivity index (χ3n) is 4.12. The van der Waals surface area contributed by atoms with Gasteiger partial charge in [0.15, 0.2) is 11.5 Å². The van der Waals surface area contributed by atoms with E-state index in [1.54, 1.807) is 36.4 Å². The van der Waals surface area contributed by atoms with E-state index in [1.807, 2.05) is 0 Å². The summed E-state index contributed by atoms with van der Waals surface area (Å²) in [4.78, 5) is 35.0. The Morgan fingerprint density at radius 2 is 1.61 bits per heavy atom. The van der Waals surface area contributed by atoms with Crippen LogP contribution in [0.2, 0.25) is 0 Å². The molecule has 3 rings (SSSR count). The summed E-state index contributed by atoms with van der Waals surface area (Å²) in [5.41, 5.74) is 0.924. The van der Waals surface area contributed by atoms with E-state index in [0.29, 0.717) is 15.6 Å². The molecule has 0 aromatic heterocycles. The second kappa shape index (κ2) is 9.17. The summed E-state index contributed by atoms with van der Waals surface area (Å²) < 4.78 is 22.3. The molecule has 1 unspecified atom stereocenters. The van der Waals surface area contributed by atoms with Crippen LogP contribution in [0.1, 0.15) is 38.1 Å². The lowest BCUT2D eigenvalue weighted by Gasteiger charge is -2.20. The Balaban J connectivity index is 1.99. The molecular formula is C21H19BrN2O7. The Morgan fingerprint density at radius 1 is 0.968 bits per heavy atom. The molecule has 0 bridgehead atoms. The van der Waals surface area contributed by atoms with Gasteiger partial charge >= 0.3 is 11.9 Å². The largest absolute Gasteiger partial charge is 0.493 e. The maximum Gasteiger partial charge on any atom is 0.308 e. The van der Waals surface area contributed by atoms with E-state index >= 15 is 0 Å². The zero-order chi connectivity index (χ0) is 22.7. The van der Waals surface area contributed by atoms with Crippen molar-refractivity contribution in [2.45, 2.75) is 27.0 Å². The van der Waals surface area contributed by atoms with Crippen molar-refractivity contribution in [3.8, 4) is 17.2 Å². The molecule has 31 heavy (non-hydrogen) atoms. The third kappa shape index (κ3) is 5.02. The molecule has 1 aliphatic heterocycles. The fourth-order valence-corrected chi connectivity index (χ4v) is 3.24. The Morgan fingerprint density at radius 3 is 2.23 bits per heavy atom. The highest BCUT2D eigenvalue weighted by Crippen LogP contribution is 2.37. The van der Waals surface area contributed by atoms with Crippen LogP contribution < -0.4 is 14.2 Å². The first-order valence-electron chi connectivity index (χ1n) is 9.09. The summed E-state index contributed by atoms with van der Waals surface area (Å²) in [7, 11) is 1.43. The van der Waals surface area contributed by atoms with Crippen LogP contribution in [-0.4, -0.2) is 35.9 Å². The third-order valence-corrected chi connectivity index (χ3v) is 4.61. The molecule has 1 atom stereocenters. The monoisotopic (exact) mass is 490 g/mol. The molecule has 0 aliphatic carbocycles. The molecule has 2 aromatic rings. The van der Waals surface area contributed by atoms with Crippen molar-refractivity contribution in [3.63, 3.8) is 0 Å². The predicted octanol–water partition coefficient (Wildman–Crippen LogP) is 3.55. The van der Waals surface area contributed by atoms with Gasteiger partial charge in [-0.05, 0) is 36.4 Å². The maximum absolute atomic E-state index is 12.2. The van der Waals surface area contributed by atoms with Crippen LogP contribution >= 0.6 is 15.9 Å². The summed E-state index contributed by atoms with van der Waals surface area (Å²) in [5.74, 6) is -0.512. The Kier molecular flexibility index (Phi) is 6.59. The van der Waals surface area contributed by atoms with Gasteiger partial charge in [0.25, 0.3) is 0 Å². The van der Waals surface area contributed by atoms with Crippen molar-refractivity contribution in [2.24, 2.45) is 5.10 Å². The van der Waals surface area contributed by atoms with Gasteiger partial charge < -0.3 is 18.9 Å². The summed E-state index contributed by atoms with van der Waals surface area (Å²) in [6.45, 7) is 3.91. The SMILES string of the molecule is COc1cc(C2OC(c3cc(Br)ccc3OC(C)=O)=NN2C(C)=O)ccc1OC(C)=O. The van der Waals surface area contributed by atoms with Gasteiger partial charge in [-0.3, -0.25) is 14.4 Å². The average Bonchev–Trinajstić information content (AvgIpc) is 3.14. The lowest BCUT2D eigenvalue weighted by Crippen LogP contribution is -2.25. The number of hydrogen-bond donors (Lipinski definition) is 0. The first-order chi connectivity index (χ1) is 14.7. The molecule has 162 valence electrons.